The van der Waals surface area contributed by atoms with Crippen molar-refractivity contribution < 1.29 is 4.79 Å². The summed E-state index contributed by atoms with van der Waals surface area (Å²) in [7, 11) is 0. The summed E-state index contributed by atoms with van der Waals surface area (Å²) in [5.41, 5.74) is 0. The van der Waals surface area contributed by atoms with E-state index in [4.69, 9.17) is 0 Å². The molecule has 3 fully saturated rings. The summed E-state index contributed by atoms with van der Waals surface area (Å²) in [6.45, 7) is 5.77. The molecule has 2 saturated carbocycles. The monoisotopic (exact) mass is 250 g/mol. The Morgan fingerprint density at radius 1 is 1.17 bits per heavy atom. The number of likely N-dealkylation sites (tertiary alicyclic amines) is 1. The second-order valence-corrected chi connectivity index (χ2v) is 6.55. The van der Waals surface area contributed by atoms with Crippen LogP contribution in [0.2, 0.25) is 0 Å². The molecule has 0 aromatic rings. The highest BCUT2D eigenvalue weighted by Gasteiger charge is 2.48. The van der Waals surface area contributed by atoms with Crippen molar-refractivity contribution in [3.8, 4) is 0 Å². The van der Waals surface area contributed by atoms with Crippen LogP contribution in [-0.2, 0) is 4.79 Å². The van der Waals surface area contributed by atoms with E-state index >= 15 is 0 Å². The fraction of sp³-hybridized carbons (Fsp3) is 0.933. The lowest BCUT2D eigenvalue weighted by Crippen LogP contribution is -2.46. The van der Waals surface area contributed by atoms with Gasteiger partial charge in [-0.05, 0) is 56.9 Å². The van der Waals surface area contributed by atoms with Crippen LogP contribution in [0, 0.1) is 17.8 Å². The first kappa shape index (κ1) is 12.5. The first-order chi connectivity index (χ1) is 8.76. The molecular formula is C15H26N2O. The minimum absolute atomic E-state index is 0.349. The minimum Gasteiger partial charge on any atom is -0.353 e. The van der Waals surface area contributed by atoms with Gasteiger partial charge in [0.05, 0.1) is 0 Å². The minimum atomic E-state index is 0.349. The average molecular weight is 250 g/mol. The number of nitrogens with one attached hydrogen (secondary N) is 1. The first-order valence-corrected chi connectivity index (χ1v) is 7.79. The molecule has 3 heteroatoms. The first-order valence-electron chi connectivity index (χ1n) is 7.79. The van der Waals surface area contributed by atoms with Gasteiger partial charge in [-0.3, -0.25) is 4.79 Å². The molecule has 1 amide bonds. The van der Waals surface area contributed by atoms with E-state index in [-0.39, 0.29) is 0 Å². The van der Waals surface area contributed by atoms with E-state index in [0.29, 0.717) is 17.9 Å². The fourth-order valence-electron chi connectivity index (χ4n) is 3.87. The summed E-state index contributed by atoms with van der Waals surface area (Å²) in [5.74, 6) is 2.53. The molecule has 2 unspecified atom stereocenters. The molecule has 0 radical (unpaired) electrons. The molecule has 0 aromatic carbocycles. The second-order valence-electron chi connectivity index (χ2n) is 6.55. The number of piperidine rings is 1. The van der Waals surface area contributed by atoms with Crippen molar-refractivity contribution in [2.24, 2.45) is 17.8 Å². The topological polar surface area (TPSA) is 32.3 Å². The van der Waals surface area contributed by atoms with Crippen LogP contribution in [0.1, 0.15) is 45.4 Å². The van der Waals surface area contributed by atoms with Gasteiger partial charge < -0.3 is 10.2 Å². The number of fused-ring (bicyclic) bond motifs is 1. The molecule has 1 heterocycles. The molecule has 2 atom stereocenters. The number of rotatable bonds is 4. The summed E-state index contributed by atoms with van der Waals surface area (Å²) < 4.78 is 0. The van der Waals surface area contributed by atoms with E-state index in [1.165, 1.54) is 32.2 Å². The summed E-state index contributed by atoms with van der Waals surface area (Å²) in [6, 6.07) is 0.447. The van der Waals surface area contributed by atoms with Crippen LogP contribution in [0.3, 0.4) is 0 Å². The van der Waals surface area contributed by atoms with Gasteiger partial charge in [-0.25, -0.2) is 0 Å². The van der Waals surface area contributed by atoms with E-state index in [1.54, 1.807) is 0 Å². The van der Waals surface area contributed by atoms with Crippen molar-refractivity contribution in [1.29, 1.82) is 0 Å². The summed E-state index contributed by atoms with van der Waals surface area (Å²) in [4.78, 5) is 14.7. The maximum Gasteiger partial charge on any atom is 0.223 e. The molecular weight excluding hydrogens is 224 g/mol. The van der Waals surface area contributed by atoms with Crippen molar-refractivity contribution in [2.75, 3.05) is 19.6 Å². The molecule has 0 bridgehead atoms. The molecule has 3 rings (SSSR count). The number of amides is 1. The van der Waals surface area contributed by atoms with Gasteiger partial charge in [0.25, 0.3) is 0 Å². The predicted octanol–water partition coefficient (Wildman–Crippen LogP) is 2.02. The Hall–Kier alpha value is -0.570. The van der Waals surface area contributed by atoms with E-state index in [0.717, 1.165) is 37.8 Å². The molecule has 0 aromatic heterocycles. The normalized spacial score (nSPS) is 36.4. The predicted molar refractivity (Wildman–Crippen MR) is 72.2 cm³/mol. The molecule has 3 nitrogen and oxygen atoms in total. The number of hydrogen-bond donors (Lipinski definition) is 1. The zero-order chi connectivity index (χ0) is 12.5. The van der Waals surface area contributed by atoms with Gasteiger partial charge >= 0.3 is 0 Å². The van der Waals surface area contributed by atoms with Crippen LogP contribution in [0.15, 0.2) is 0 Å². The zero-order valence-corrected chi connectivity index (χ0v) is 11.5. The van der Waals surface area contributed by atoms with Crippen LogP contribution < -0.4 is 5.32 Å². The van der Waals surface area contributed by atoms with Gasteiger partial charge in [0.2, 0.25) is 5.91 Å². The van der Waals surface area contributed by atoms with Crippen LogP contribution in [-0.4, -0.2) is 36.5 Å². The van der Waals surface area contributed by atoms with E-state index in [9.17, 15) is 4.79 Å². The Morgan fingerprint density at radius 3 is 2.44 bits per heavy atom. The molecule has 1 saturated heterocycles. The highest BCUT2D eigenvalue weighted by molar-refractivity contribution is 5.79. The van der Waals surface area contributed by atoms with Gasteiger partial charge in [0.15, 0.2) is 0 Å². The summed E-state index contributed by atoms with van der Waals surface area (Å²) >= 11 is 0. The highest BCUT2D eigenvalue weighted by atomic mass is 16.1. The quantitative estimate of drug-likeness (QED) is 0.828. The Morgan fingerprint density at radius 2 is 1.83 bits per heavy atom. The maximum absolute atomic E-state index is 12.2. The van der Waals surface area contributed by atoms with Crippen molar-refractivity contribution in [3.05, 3.63) is 0 Å². The van der Waals surface area contributed by atoms with Gasteiger partial charge in [-0.15, -0.1) is 0 Å². The Labute approximate surface area is 110 Å². The van der Waals surface area contributed by atoms with Gasteiger partial charge in [-0.1, -0.05) is 6.92 Å². The van der Waals surface area contributed by atoms with E-state index in [2.05, 4.69) is 17.1 Å². The molecule has 1 N–H and O–H groups in total. The van der Waals surface area contributed by atoms with Crippen LogP contribution >= 0.6 is 0 Å². The van der Waals surface area contributed by atoms with E-state index < -0.39 is 0 Å². The SMILES string of the molecule is CCCN1CCC(NC(=O)C2CC3CC3C2)CC1. The lowest BCUT2D eigenvalue weighted by molar-refractivity contribution is -0.126. The smallest absolute Gasteiger partial charge is 0.223 e. The molecule has 18 heavy (non-hydrogen) atoms. The standard InChI is InChI=1S/C15H26N2O/c1-2-5-17-6-3-14(4-7-17)16-15(18)13-9-11-8-12(11)10-13/h11-14H,2-10H2,1H3,(H,16,18). The number of hydrogen-bond acceptors (Lipinski definition) is 2. The second kappa shape index (κ2) is 5.20. The van der Waals surface area contributed by atoms with Crippen molar-refractivity contribution in [2.45, 2.75) is 51.5 Å². The van der Waals surface area contributed by atoms with Crippen molar-refractivity contribution >= 4 is 5.91 Å². The van der Waals surface area contributed by atoms with Gasteiger partial charge in [0, 0.05) is 25.0 Å². The zero-order valence-electron chi connectivity index (χ0n) is 11.5. The highest BCUT2D eigenvalue weighted by Crippen LogP contribution is 2.54. The Bertz CT molecular complexity index is 300. The van der Waals surface area contributed by atoms with Gasteiger partial charge in [0.1, 0.15) is 0 Å². The van der Waals surface area contributed by atoms with Crippen LogP contribution in [0.25, 0.3) is 0 Å². The molecule has 3 aliphatic rings. The van der Waals surface area contributed by atoms with Crippen molar-refractivity contribution in [1.82, 2.24) is 10.2 Å². The molecule has 102 valence electrons. The third-order valence-corrected chi connectivity index (χ3v) is 5.09. The number of carbonyl (C=O) groups is 1. The number of nitrogens with zero attached hydrogens (tertiary/aromatic N) is 1. The lowest BCUT2D eigenvalue weighted by atomic mass is 10.00. The largest absolute Gasteiger partial charge is 0.353 e. The average Bonchev–Trinajstić information content (AvgIpc) is 2.99. The Balaban J connectivity index is 1.39. The molecule has 1 aliphatic heterocycles. The summed E-state index contributed by atoms with van der Waals surface area (Å²) in [6.07, 6.45) is 7.27. The molecule has 2 aliphatic carbocycles. The third-order valence-electron chi connectivity index (χ3n) is 5.09. The fourth-order valence-corrected chi connectivity index (χ4v) is 3.87. The van der Waals surface area contributed by atoms with Crippen LogP contribution in [0.4, 0.5) is 0 Å². The number of carbonyl (C=O) groups excluding carboxylic acids is 1. The van der Waals surface area contributed by atoms with Crippen LogP contribution in [0.5, 0.6) is 0 Å². The molecule has 0 spiro atoms. The Kier molecular flexibility index (Phi) is 3.60. The maximum atomic E-state index is 12.2. The summed E-state index contributed by atoms with van der Waals surface area (Å²) in [5, 5.41) is 3.30. The third kappa shape index (κ3) is 2.71. The van der Waals surface area contributed by atoms with Crippen molar-refractivity contribution in [3.63, 3.8) is 0 Å². The van der Waals surface area contributed by atoms with E-state index in [1.807, 2.05) is 0 Å². The lowest BCUT2D eigenvalue weighted by Gasteiger charge is -2.32. The van der Waals surface area contributed by atoms with Gasteiger partial charge in [-0.2, -0.15) is 0 Å².